The number of benzene rings is 1. The molecule has 2 fully saturated rings. The Hall–Kier alpha value is -2.04. The van der Waals surface area contributed by atoms with Gasteiger partial charge in [0.05, 0.1) is 7.11 Å². The molecular weight excluding hydrogens is 356 g/mol. The van der Waals surface area contributed by atoms with Gasteiger partial charge in [0, 0.05) is 19.3 Å². The Morgan fingerprint density at radius 2 is 1.82 bits per heavy atom. The standard InChI is InChI=1S/C23H30O5/c1-13(24)27-21-12-18-15(11-20(21)26-4)5-6-17-16(18)9-10-23(3)19(17)7-8-22(23)28-14(2)25/h11-12,16-17,19,22H,5-10H2,1-4H3/t16-,17+,19-,22?,23-/m0/s1. The molecule has 5 nitrogen and oxygen atoms in total. The van der Waals surface area contributed by atoms with E-state index >= 15 is 0 Å². The molecule has 1 unspecified atom stereocenters. The van der Waals surface area contributed by atoms with Crippen LogP contribution in [-0.2, 0) is 20.7 Å². The van der Waals surface area contributed by atoms with Gasteiger partial charge < -0.3 is 14.2 Å². The van der Waals surface area contributed by atoms with Crippen molar-refractivity contribution in [1.29, 1.82) is 0 Å². The zero-order chi connectivity index (χ0) is 20.1. The molecule has 3 aliphatic carbocycles. The molecule has 5 heteroatoms. The minimum atomic E-state index is -0.332. The van der Waals surface area contributed by atoms with Crippen LogP contribution in [0.3, 0.4) is 0 Å². The highest BCUT2D eigenvalue weighted by Gasteiger charge is 2.56. The van der Waals surface area contributed by atoms with E-state index in [2.05, 4.69) is 6.92 Å². The number of esters is 2. The third kappa shape index (κ3) is 3.09. The van der Waals surface area contributed by atoms with Crippen LogP contribution in [-0.4, -0.2) is 25.2 Å². The van der Waals surface area contributed by atoms with E-state index in [0.29, 0.717) is 29.3 Å². The number of rotatable bonds is 3. The molecule has 0 amide bonds. The molecule has 1 aromatic carbocycles. The number of fused-ring (bicyclic) bond motifs is 5. The Morgan fingerprint density at radius 1 is 1.04 bits per heavy atom. The molecule has 0 radical (unpaired) electrons. The van der Waals surface area contributed by atoms with Crippen molar-refractivity contribution < 1.29 is 23.8 Å². The molecule has 0 bridgehead atoms. The lowest BCUT2D eigenvalue weighted by molar-refractivity contribution is -0.154. The molecular formula is C23H30O5. The number of carbonyl (C=O) groups excluding carboxylic acids is 2. The van der Waals surface area contributed by atoms with Crippen molar-refractivity contribution >= 4 is 11.9 Å². The van der Waals surface area contributed by atoms with Crippen LogP contribution in [0.1, 0.15) is 69.9 Å². The summed E-state index contributed by atoms with van der Waals surface area (Å²) in [5, 5.41) is 0. The summed E-state index contributed by atoms with van der Waals surface area (Å²) >= 11 is 0. The molecule has 0 N–H and O–H groups in total. The van der Waals surface area contributed by atoms with Crippen molar-refractivity contribution in [2.75, 3.05) is 7.11 Å². The molecule has 152 valence electrons. The molecule has 4 rings (SSSR count). The largest absolute Gasteiger partial charge is 0.493 e. The number of hydrogen-bond donors (Lipinski definition) is 0. The molecule has 0 aromatic heterocycles. The fourth-order valence-electron chi connectivity index (χ4n) is 6.32. The van der Waals surface area contributed by atoms with Gasteiger partial charge in [-0.15, -0.1) is 0 Å². The maximum atomic E-state index is 11.6. The first-order chi connectivity index (χ1) is 13.3. The lowest BCUT2D eigenvalue weighted by Crippen LogP contribution is -2.45. The summed E-state index contributed by atoms with van der Waals surface area (Å²) in [7, 11) is 1.61. The highest BCUT2D eigenvalue weighted by molar-refractivity contribution is 5.71. The Balaban J connectivity index is 1.65. The van der Waals surface area contributed by atoms with Crippen LogP contribution >= 0.6 is 0 Å². The van der Waals surface area contributed by atoms with Crippen LogP contribution in [0.2, 0.25) is 0 Å². The van der Waals surface area contributed by atoms with Gasteiger partial charge in [-0.25, -0.2) is 0 Å². The summed E-state index contributed by atoms with van der Waals surface area (Å²) in [5.41, 5.74) is 2.70. The molecule has 28 heavy (non-hydrogen) atoms. The van der Waals surface area contributed by atoms with Gasteiger partial charge >= 0.3 is 11.9 Å². The molecule has 0 aliphatic heterocycles. The summed E-state index contributed by atoms with van der Waals surface area (Å²) in [6.45, 7) is 5.26. The van der Waals surface area contributed by atoms with Crippen LogP contribution in [0.25, 0.3) is 0 Å². The van der Waals surface area contributed by atoms with Crippen LogP contribution in [0, 0.1) is 17.3 Å². The van der Waals surface area contributed by atoms with E-state index < -0.39 is 0 Å². The van der Waals surface area contributed by atoms with E-state index in [1.807, 2.05) is 12.1 Å². The highest BCUT2D eigenvalue weighted by Crippen LogP contribution is 2.62. The van der Waals surface area contributed by atoms with Gasteiger partial charge in [0.15, 0.2) is 11.5 Å². The fraction of sp³-hybridized carbons (Fsp3) is 0.652. The minimum Gasteiger partial charge on any atom is -0.493 e. The van der Waals surface area contributed by atoms with Crippen LogP contribution in [0.4, 0.5) is 0 Å². The lowest BCUT2D eigenvalue weighted by atomic mass is 9.55. The smallest absolute Gasteiger partial charge is 0.308 e. The minimum absolute atomic E-state index is 0.0461. The predicted molar refractivity (Wildman–Crippen MR) is 104 cm³/mol. The summed E-state index contributed by atoms with van der Waals surface area (Å²) in [5.74, 6) is 2.28. The van der Waals surface area contributed by atoms with Crippen molar-refractivity contribution in [3.63, 3.8) is 0 Å². The van der Waals surface area contributed by atoms with Crippen molar-refractivity contribution in [1.82, 2.24) is 0 Å². The quantitative estimate of drug-likeness (QED) is 0.569. The topological polar surface area (TPSA) is 61.8 Å². The summed E-state index contributed by atoms with van der Waals surface area (Å²) in [6, 6.07) is 4.08. The zero-order valence-electron chi connectivity index (χ0n) is 17.2. The number of aryl methyl sites for hydroxylation is 1. The summed E-state index contributed by atoms with van der Waals surface area (Å²) < 4.78 is 16.6. The third-order valence-corrected chi connectivity index (χ3v) is 7.48. The van der Waals surface area contributed by atoms with Crippen LogP contribution < -0.4 is 9.47 Å². The fourth-order valence-corrected chi connectivity index (χ4v) is 6.32. The van der Waals surface area contributed by atoms with E-state index in [4.69, 9.17) is 14.2 Å². The van der Waals surface area contributed by atoms with Gasteiger partial charge in [0.25, 0.3) is 0 Å². The first-order valence-electron chi connectivity index (χ1n) is 10.4. The maximum absolute atomic E-state index is 11.6. The second-order valence-electron chi connectivity index (χ2n) is 8.93. The van der Waals surface area contributed by atoms with E-state index in [0.717, 1.165) is 38.5 Å². The molecule has 0 spiro atoms. The van der Waals surface area contributed by atoms with E-state index in [1.165, 1.54) is 25.0 Å². The molecule has 0 heterocycles. The van der Waals surface area contributed by atoms with Gasteiger partial charge in [-0.3, -0.25) is 9.59 Å². The maximum Gasteiger partial charge on any atom is 0.308 e. The number of carbonyl (C=O) groups is 2. The molecule has 1 aromatic rings. The number of methoxy groups -OCH3 is 1. The second-order valence-corrected chi connectivity index (χ2v) is 8.93. The normalized spacial score (nSPS) is 33.3. The predicted octanol–water partition coefficient (Wildman–Crippen LogP) is 4.41. The second kappa shape index (κ2) is 7.09. The van der Waals surface area contributed by atoms with Gasteiger partial charge in [0.2, 0.25) is 0 Å². The van der Waals surface area contributed by atoms with Gasteiger partial charge in [-0.05, 0) is 79.5 Å². The Labute approximate surface area is 166 Å². The Kier molecular flexibility index (Phi) is 4.88. The van der Waals surface area contributed by atoms with Gasteiger partial charge in [-0.2, -0.15) is 0 Å². The first kappa shape index (κ1) is 19.3. The van der Waals surface area contributed by atoms with Crippen molar-refractivity contribution in [3.8, 4) is 11.5 Å². The zero-order valence-corrected chi connectivity index (χ0v) is 17.2. The van der Waals surface area contributed by atoms with Crippen molar-refractivity contribution in [2.24, 2.45) is 17.3 Å². The highest BCUT2D eigenvalue weighted by atomic mass is 16.6. The van der Waals surface area contributed by atoms with Gasteiger partial charge in [-0.1, -0.05) is 6.92 Å². The Bertz CT molecular complexity index is 800. The van der Waals surface area contributed by atoms with E-state index in [9.17, 15) is 9.59 Å². The SMILES string of the molecule is COc1cc2c(cc1OC(C)=O)[C@H]1CC[C@]3(C)C(OC(C)=O)CC[C@H]3[C@@H]1CC2. The molecule has 5 atom stereocenters. The third-order valence-electron chi connectivity index (χ3n) is 7.48. The average molecular weight is 386 g/mol. The summed E-state index contributed by atoms with van der Waals surface area (Å²) in [6.07, 6.45) is 6.44. The average Bonchev–Trinajstić information content (AvgIpc) is 2.96. The summed E-state index contributed by atoms with van der Waals surface area (Å²) in [4.78, 5) is 23.1. The molecule has 2 saturated carbocycles. The van der Waals surface area contributed by atoms with Crippen LogP contribution in [0.15, 0.2) is 12.1 Å². The lowest BCUT2D eigenvalue weighted by Gasteiger charge is -2.50. The Morgan fingerprint density at radius 3 is 2.50 bits per heavy atom. The first-order valence-corrected chi connectivity index (χ1v) is 10.4. The number of hydrogen-bond acceptors (Lipinski definition) is 5. The molecule has 3 aliphatic rings. The molecule has 0 saturated heterocycles. The van der Waals surface area contributed by atoms with Crippen molar-refractivity contribution in [3.05, 3.63) is 23.3 Å². The van der Waals surface area contributed by atoms with Crippen molar-refractivity contribution in [2.45, 2.75) is 71.3 Å². The van der Waals surface area contributed by atoms with Gasteiger partial charge in [0.1, 0.15) is 6.10 Å². The van der Waals surface area contributed by atoms with E-state index in [-0.39, 0.29) is 23.5 Å². The van der Waals surface area contributed by atoms with E-state index in [1.54, 1.807) is 7.11 Å². The van der Waals surface area contributed by atoms with Crippen LogP contribution in [0.5, 0.6) is 11.5 Å². The monoisotopic (exact) mass is 386 g/mol. The number of ether oxygens (including phenoxy) is 3.